The lowest BCUT2D eigenvalue weighted by Gasteiger charge is -2.27. The van der Waals surface area contributed by atoms with Gasteiger partial charge in [0.2, 0.25) is 0 Å². The van der Waals surface area contributed by atoms with Crippen molar-refractivity contribution in [3.8, 4) is 12.3 Å². The molecule has 5 aromatic rings. The van der Waals surface area contributed by atoms with E-state index in [0.717, 1.165) is 55.9 Å². The topological polar surface area (TPSA) is 52.0 Å². The van der Waals surface area contributed by atoms with Crippen molar-refractivity contribution in [3.05, 3.63) is 176 Å². The largest absolute Gasteiger partial charge is 0.399 e. The number of nitrogen functional groups attached to an aromatic ring is 2. The first kappa shape index (κ1) is 53.1. The highest BCUT2D eigenvalue weighted by Crippen LogP contribution is 2.40. The summed E-state index contributed by atoms with van der Waals surface area (Å²) in [6.45, 7) is 53.9. The number of benzene rings is 5. The normalized spacial score (nSPS) is 12.3. The van der Waals surface area contributed by atoms with Crippen LogP contribution in [0, 0.1) is 26.2 Å². The summed E-state index contributed by atoms with van der Waals surface area (Å²) in [5.41, 5.74) is 31.7. The summed E-state index contributed by atoms with van der Waals surface area (Å²) in [6.07, 6.45) is 5.52. The van der Waals surface area contributed by atoms with E-state index in [9.17, 15) is 0 Å². The standard InChI is InChI=1S/C39H53N.C16H22.C7H9N/c1-24-16-33(25(2)27-18-29(36(4,5)6)22-30(19-27)37(7,8)9)35(40)34(17-24)26(3)28-20-31(38(10,11)12)23-32(21-28)39(13,14)15;1-8-12-9-13(15(2,3)4)11-14(10-12)16(5,6)7;1-6-2-4-7(8)5-3-6/h16-23H,2-3,40H2,1,4-15H3;1,9-11H,2-7H3;2-5H,8H2,1H3. The number of anilines is 2. The predicted octanol–water partition coefficient (Wildman–Crippen LogP) is 16.7. The molecule has 0 bridgehead atoms. The van der Waals surface area contributed by atoms with Crippen molar-refractivity contribution in [1.29, 1.82) is 0 Å². The lowest BCUT2D eigenvalue weighted by molar-refractivity contribution is 0.567. The van der Waals surface area contributed by atoms with Crippen molar-refractivity contribution < 1.29 is 0 Å². The third-order valence-corrected chi connectivity index (χ3v) is 11.9. The van der Waals surface area contributed by atoms with E-state index in [1.807, 2.05) is 31.2 Å². The molecule has 0 aliphatic carbocycles. The first-order chi connectivity index (χ1) is 28.9. The Bertz CT molecular complexity index is 2260. The zero-order valence-electron chi connectivity index (χ0n) is 43.8. The lowest BCUT2D eigenvalue weighted by Crippen LogP contribution is -2.17. The molecule has 0 aliphatic heterocycles. The first-order valence-electron chi connectivity index (χ1n) is 23.0. The number of terminal acetylenes is 1. The predicted molar refractivity (Wildman–Crippen MR) is 287 cm³/mol. The summed E-state index contributed by atoms with van der Waals surface area (Å²) in [5.74, 6) is 2.75. The maximum absolute atomic E-state index is 7.00. The van der Waals surface area contributed by atoms with Gasteiger partial charge in [-0.3, -0.25) is 0 Å². The zero-order valence-corrected chi connectivity index (χ0v) is 43.8. The fourth-order valence-electron chi connectivity index (χ4n) is 7.09. The summed E-state index contributed by atoms with van der Waals surface area (Å²) in [7, 11) is 0. The third kappa shape index (κ3) is 14.4. The van der Waals surface area contributed by atoms with Crippen LogP contribution in [0.4, 0.5) is 11.4 Å². The number of nitrogens with two attached hydrogens (primary N) is 2. The molecule has 0 aliphatic rings. The van der Waals surface area contributed by atoms with Gasteiger partial charge in [0.1, 0.15) is 0 Å². The highest BCUT2D eigenvalue weighted by Gasteiger charge is 2.25. The molecule has 2 heteroatoms. The van der Waals surface area contributed by atoms with Crippen molar-refractivity contribution in [1.82, 2.24) is 0 Å². The molecule has 64 heavy (non-hydrogen) atoms. The molecule has 0 aromatic heterocycles. The minimum atomic E-state index is 0.0245. The molecular formula is C62H84N2. The average molecular weight is 857 g/mol. The molecule has 0 radical (unpaired) electrons. The van der Waals surface area contributed by atoms with Crippen LogP contribution in [0.3, 0.4) is 0 Å². The minimum absolute atomic E-state index is 0.0245. The molecule has 342 valence electrons. The van der Waals surface area contributed by atoms with E-state index in [1.165, 1.54) is 38.9 Å². The smallest absolute Gasteiger partial charge is 0.0473 e. The van der Waals surface area contributed by atoms with Crippen LogP contribution < -0.4 is 11.5 Å². The lowest BCUT2D eigenvalue weighted by atomic mass is 9.77. The molecule has 0 heterocycles. The molecule has 0 saturated heterocycles. The van der Waals surface area contributed by atoms with Gasteiger partial charge < -0.3 is 11.5 Å². The fourth-order valence-corrected chi connectivity index (χ4v) is 7.09. The third-order valence-electron chi connectivity index (χ3n) is 11.9. The fraction of sp³-hybridized carbons (Fsp3) is 0.419. The molecule has 0 unspecified atom stereocenters. The van der Waals surface area contributed by atoms with Gasteiger partial charge in [0.05, 0.1) is 0 Å². The van der Waals surface area contributed by atoms with E-state index in [0.29, 0.717) is 0 Å². The van der Waals surface area contributed by atoms with Gasteiger partial charge in [-0.25, -0.2) is 0 Å². The van der Waals surface area contributed by atoms with Crippen LogP contribution in [-0.2, 0) is 32.5 Å². The van der Waals surface area contributed by atoms with E-state index in [-0.39, 0.29) is 32.5 Å². The Morgan fingerprint density at radius 3 is 0.906 bits per heavy atom. The molecule has 4 N–H and O–H groups in total. The van der Waals surface area contributed by atoms with Crippen LogP contribution in [0.15, 0.2) is 104 Å². The summed E-state index contributed by atoms with van der Waals surface area (Å²) >= 11 is 0. The molecule has 0 spiro atoms. The van der Waals surface area contributed by atoms with E-state index < -0.39 is 0 Å². The summed E-state index contributed by atoms with van der Waals surface area (Å²) in [5, 5.41) is 0. The van der Waals surface area contributed by atoms with Gasteiger partial charge in [0.25, 0.3) is 0 Å². The van der Waals surface area contributed by atoms with E-state index >= 15 is 0 Å². The molecular weight excluding hydrogens is 773 g/mol. The molecule has 0 fully saturated rings. The molecule has 0 atom stereocenters. The van der Waals surface area contributed by atoms with Crippen LogP contribution in [-0.4, -0.2) is 0 Å². The van der Waals surface area contributed by atoms with Crippen molar-refractivity contribution in [2.45, 2.75) is 171 Å². The number of hydrogen-bond donors (Lipinski definition) is 2. The van der Waals surface area contributed by atoms with Crippen LogP contribution in [0.25, 0.3) is 11.1 Å². The Balaban J connectivity index is 0.000000367. The Morgan fingerprint density at radius 1 is 0.406 bits per heavy atom. The quantitative estimate of drug-likeness (QED) is 0.140. The monoisotopic (exact) mass is 857 g/mol. The van der Waals surface area contributed by atoms with Crippen molar-refractivity contribution in [2.75, 3.05) is 11.5 Å². The second-order valence-corrected chi connectivity index (χ2v) is 24.2. The molecule has 0 amide bonds. The van der Waals surface area contributed by atoms with Crippen molar-refractivity contribution in [2.24, 2.45) is 0 Å². The zero-order chi connectivity index (χ0) is 49.1. The van der Waals surface area contributed by atoms with Crippen LogP contribution in [0.1, 0.15) is 197 Å². The minimum Gasteiger partial charge on any atom is -0.399 e. The summed E-state index contributed by atoms with van der Waals surface area (Å²) < 4.78 is 0. The molecule has 2 nitrogen and oxygen atoms in total. The highest BCUT2D eigenvalue weighted by atomic mass is 14.6. The van der Waals surface area contributed by atoms with Crippen LogP contribution in [0.5, 0.6) is 0 Å². The molecule has 0 saturated carbocycles. The Labute approximate surface area is 392 Å². The van der Waals surface area contributed by atoms with Crippen LogP contribution in [0.2, 0.25) is 0 Å². The van der Waals surface area contributed by atoms with Crippen molar-refractivity contribution in [3.63, 3.8) is 0 Å². The maximum atomic E-state index is 7.00. The maximum Gasteiger partial charge on any atom is 0.0473 e. The Morgan fingerprint density at radius 2 is 0.672 bits per heavy atom. The first-order valence-corrected chi connectivity index (χ1v) is 23.0. The van der Waals surface area contributed by atoms with E-state index in [4.69, 9.17) is 17.9 Å². The van der Waals surface area contributed by atoms with Gasteiger partial charge in [0.15, 0.2) is 0 Å². The van der Waals surface area contributed by atoms with Gasteiger partial charge in [-0.1, -0.05) is 204 Å². The second-order valence-electron chi connectivity index (χ2n) is 24.2. The van der Waals surface area contributed by atoms with E-state index in [2.05, 4.69) is 217 Å². The van der Waals surface area contributed by atoms with Gasteiger partial charge >= 0.3 is 0 Å². The van der Waals surface area contributed by atoms with Crippen LogP contribution >= 0.6 is 0 Å². The van der Waals surface area contributed by atoms with Crippen molar-refractivity contribution >= 4 is 22.5 Å². The number of rotatable bonds is 4. The van der Waals surface area contributed by atoms with E-state index in [1.54, 1.807) is 0 Å². The number of hydrogen-bond acceptors (Lipinski definition) is 2. The SMILES string of the molecule is C#Cc1cc(C(C)(C)C)cc(C(C)(C)C)c1.C=C(c1cc(C(C)(C)C)cc(C(C)(C)C)c1)c1cc(C)cc(C(=C)c2cc(C(C)(C)C)cc(C(C)(C)C)c2)c1N.Cc1ccc(N)cc1. The Kier molecular flexibility index (Phi) is 16.1. The second kappa shape index (κ2) is 19.5. The van der Waals surface area contributed by atoms with Gasteiger partial charge in [0, 0.05) is 28.1 Å². The number of aryl methyl sites for hydroxylation is 2. The summed E-state index contributed by atoms with van der Waals surface area (Å²) in [6, 6.07) is 32.5. The van der Waals surface area contributed by atoms with Gasteiger partial charge in [-0.05, 0) is 144 Å². The highest BCUT2D eigenvalue weighted by molar-refractivity contribution is 5.93. The Hall–Kier alpha value is -5.26. The van der Waals surface area contributed by atoms with Gasteiger partial charge in [-0.2, -0.15) is 0 Å². The average Bonchev–Trinajstić information content (AvgIpc) is 3.17. The van der Waals surface area contributed by atoms with Gasteiger partial charge in [-0.15, -0.1) is 6.42 Å². The summed E-state index contributed by atoms with van der Waals surface area (Å²) in [4.78, 5) is 0. The molecule has 5 rings (SSSR count). The molecule has 5 aromatic carbocycles.